The highest BCUT2D eigenvalue weighted by Gasteiger charge is 2.30. The first-order chi connectivity index (χ1) is 15.7. The van der Waals surface area contributed by atoms with E-state index < -0.39 is 0 Å². The van der Waals surface area contributed by atoms with E-state index >= 15 is 0 Å². The van der Waals surface area contributed by atoms with Gasteiger partial charge < -0.3 is 15.2 Å². The lowest BCUT2D eigenvalue weighted by atomic mass is 10.1. The average Bonchev–Trinajstić information content (AvgIpc) is 3.47. The first-order valence-electron chi connectivity index (χ1n) is 11.2. The van der Waals surface area contributed by atoms with Gasteiger partial charge in [-0.15, -0.1) is 0 Å². The molecule has 32 heavy (non-hydrogen) atoms. The maximum absolute atomic E-state index is 13.1. The zero-order valence-electron chi connectivity index (χ0n) is 18.2. The second kappa shape index (κ2) is 8.83. The Labute approximate surface area is 187 Å². The summed E-state index contributed by atoms with van der Waals surface area (Å²) in [4.78, 5) is 27.4. The number of carbonyl (C=O) groups excluding carboxylic acids is 1. The molecule has 6 heteroatoms. The number of hydrogen-bond donors (Lipinski definition) is 2. The van der Waals surface area contributed by atoms with Gasteiger partial charge in [-0.1, -0.05) is 24.3 Å². The molecule has 1 amide bonds. The molecule has 162 valence electrons. The van der Waals surface area contributed by atoms with Crippen LogP contribution < -0.4 is 5.32 Å². The molecule has 1 fully saturated rings. The molecule has 4 aromatic rings. The van der Waals surface area contributed by atoms with Crippen molar-refractivity contribution in [2.45, 2.75) is 38.6 Å². The summed E-state index contributed by atoms with van der Waals surface area (Å²) in [5.41, 5.74) is 5.24. The van der Waals surface area contributed by atoms with Gasteiger partial charge in [-0.25, -0.2) is 4.98 Å². The fourth-order valence-corrected chi connectivity index (χ4v) is 4.53. The molecule has 1 aromatic carbocycles. The minimum Gasteiger partial charge on any atom is -0.361 e. The molecule has 1 aliphatic heterocycles. The van der Waals surface area contributed by atoms with Crippen LogP contribution in [0.3, 0.4) is 0 Å². The number of likely N-dealkylation sites (tertiary alicyclic amines) is 1. The quantitative estimate of drug-likeness (QED) is 0.439. The van der Waals surface area contributed by atoms with Gasteiger partial charge in [-0.2, -0.15) is 0 Å². The Morgan fingerprint density at radius 1 is 1.16 bits per heavy atom. The van der Waals surface area contributed by atoms with Crippen LogP contribution in [0, 0.1) is 6.92 Å². The molecular weight excluding hydrogens is 398 g/mol. The van der Waals surface area contributed by atoms with E-state index in [4.69, 9.17) is 0 Å². The maximum Gasteiger partial charge on any atom is 0.223 e. The first-order valence-corrected chi connectivity index (χ1v) is 11.2. The zero-order chi connectivity index (χ0) is 21.9. The van der Waals surface area contributed by atoms with Crippen molar-refractivity contribution >= 4 is 28.3 Å². The van der Waals surface area contributed by atoms with Crippen LogP contribution >= 0.6 is 0 Å². The second-order valence-corrected chi connectivity index (χ2v) is 8.37. The molecule has 5 rings (SSSR count). The number of para-hydroxylation sites is 1. The monoisotopic (exact) mass is 425 g/mol. The molecule has 1 unspecified atom stereocenters. The normalized spacial score (nSPS) is 15.9. The van der Waals surface area contributed by atoms with Crippen molar-refractivity contribution in [2.24, 2.45) is 0 Å². The van der Waals surface area contributed by atoms with Gasteiger partial charge >= 0.3 is 0 Å². The number of aromatic nitrogens is 3. The van der Waals surface area contributed by atoms with E-state index in [1.165, 1.54) is 10.9 Å². The first kappa shape index (κ1) is 20.2. The number of aryl methyl sites for hydroxylation is 2. The molecule has 0 bridgehead atoms. The van der Waals surface area contributed by atoms with E-state index in [-0.39, 0.29) is 11.9 Å². The van der Waals surface area contributed by atoms with Crippen LogP contribution in [0.4, 0.5) is 11.5 Å². The number of nitrogens with one attached hydrogen (secondary N) is 2. The largest absolute Gasteiger partial charge is 0.361 e. The fraction of sp³-hybridized carbons (Fsp3) is 0.269. The van der Waals surface area contributed by atoms with Crippen LogP contribution in [0.25, 0.3) is 10.9 Å². The lowest BCUT2D eigenvalue weighted by Gasteiger charge is -2.24. The van der Waals surface area contributed by atoms with Crippen molar-refractivity contribution < 1.29 is 4.79 Å². The number of rotatable bonds is 6. The Balaban J connectivity index is 1.25. The Morgan fingerprint density at radius 3 is 2.91 bits per heavy atom. The molecule has 1 saturated heterocycles. The topological polar surface area (TPSA) is 73.9 Å². The minimum absolute atomic E-state index is 0.0519. The van der Waals surface area contributed by atoms with Crippen molar-refractivity contribution in [3.05, 3.63) is 83.9 Å². The third kappa shape index (κ3) is 4.08. The number of pyridine rings is 2. The summed E-state index contributed by atoms with van der Waals surface area (Å²) in [5.74, 6) is 1.03. The van der Waals surface area contributed by atoms with Crippen LogP contribution in [0.2, 0.25) is 0 Å². The Hall–Kier alpha value is -3.67. The number of H-pyrrole nitrogens is 1. The van der Waals surface area contributed by atoms with E-state index in [0.29, 0.717) is 6.42 Å². The maximum atomic E-state index is 13.1. The van der Waals surface area contributed by atoms with Gasteiger partial charge in [0.2, 0.25) is 5.91 Å². The third-order valence-corrected chi connectivity index (χ3v) is 6.26. The van der Waals surface area contributed by atoms with Crippen LogP contribution in [0.5, 0.6) is 0 Å². The summed E-state index contributed by atoms with van der Waals surface area (Å²) in [6, 6.07) is 16.3. The highest BCUT2D eigenvalue weighted by atomic mass is 16.2. The lowest BCUT2D eigenvalue weighted by molar-refractivity contribution is -0.132. The SMILES string of the molecule is Cc1cccnc1Nc1ccc(C2CCCN2C(=O)CCc2c[nH]c3ccccc23)nc1. The Morgan fingerprint density at radius 2 is 2.06 bits per heavy atom. The number of benzene rings is 1. The van der Waals surface area contributed by atoms with Gasteiger partial charge in [-0.3, -0.25) is 9.78 Å². The minimum atomic E-state index is 0.0519. The smallest absolute Gasteiger partial charge is 0.223 e. The third-order valence-electron chi connectivity index (χ3n) is 6.26. The molecule has 0 aliphatic carbocycles. The van der Waals surface area contributed by atoms with Gasteiger partial charge in [0.05, 0.1) is 23.6 Å². The van der Waals surface area contributed by atoms with Crippen LogP contribution in [-0.2, 0) is 11.2 Å². The molecule has 0 radical (unpaired) electrons. The van der Waals surface area contributed by atoms with E-state index in [0.717, 1.165) is 54.1 Å². The predicted octanol–water partition coefficient (Wildman–Crippen LogP) is 5.31. The molecular formula is C26H27N5O. The molecule has 1 aliphatic rings. The van der Waals surface area contributed by atoms with Gasteiger partial charge in [0.1, 0.15) is 5.82 Å². The Kier molecular flexibility index (Phi) is 5.58. The molecule has 0 spiro atoms. The van der Waals surface area contributed by atoms with Crippen molar-refractivity contribution in [1.29, 1.82) is 0 Å². The molecule has 4 heterocycles. The van der Waals surface area contributed by atoms with Gasteiger partial charge in [-0.05, 0) is 61.6 Å². The number of carbonyl (C=O) groups is 1. The molecule has 3 aromatic heterocycles. The van der Waals surface area contributed by atoms with Crippen LogP contribution in [0.1, 0.15) is 42.1 Å². The van der Waals surface area contributed by atoms with Gasteiger partial charge in [0, 0.05) is 36.3 Å². The van der Waals surface area contributed by atoms with Crippen LogP contribution in [0.15, 0.2) is 67.1 Å². The zero-order valence-corrected chi connectivity index (χ0v) is 18.2. The number of hydrogen-bond acceptors (Lipinski definition) is 4. The summed E-state index contributed by atoms with van der Waals surface area (Å²) in [7, 11) is 0. The number of aromatic amines is 1. The number of amides is 1. The summed E-state index contributed by atoms with van der Waals surface area (Å²) >= 11 is 0. The number of anilines is 2. The summed E-state index contributed by atoms with van der Waals surface area (Å²) < 4.78 is 0. The average molecular weight is 426 g/mol. The number of fused-ring (bicyclic) bond motifs is 1. The second-order valence-electron chi connectivity index (χ2n) is 8.37. The van der Waals surface area contributed by atoms with Crippen molar-refractivity contribution in [3.63, 3.8) is 0 Å². The van der Waals surface area contributed by atoms with Crippen molar-refractivity contribution in [2.75, 3.05) is 11.9 Å². The number of nitrogens with zero attached hydrogens (tertiary/aromatic N) is 3. The van der Waals surface area contributed by atoms with E-state index in [2.05, 4.69) is 32.4 Å². The summed E-state index contributed by atoms with van der Waals surface area (Å²) in [6.07, 6.45) is 8.85. The predicted molar refractivity (Wildman–Crippen MR) is 127 cm³/mol. The fourth-order valence-electron chi connectivity index (χ4n) is 4.53. The van der Waals surface area contributed by atoms with Gasteiger partial charge in [0.25, 0.3) is 0 Å². The van der Waals surface area contributed by atoms with E-state index in [9.17, 15) is 4.79 Å². The van der Waals surface area contributed by atoms with E-state index in [1.807, 2.05) is 60.6 Å². The Bertz CT molecular complexity index is 1230. The van der Waals surface area contributed by atoms with E-state index in [1.54, 1.807) is 6.20 Å². The summed E-state index contributed by atoms with van der Waals surface area (Å²) in [6.45, 7) is 2.82. The summed E-state index contributed by atoms with van der Waals surface area (Å²) in [5, 5.41) is 4.52. The van der Waals surface area contributed by atoms with Crippen LogP contribution in [-0.4, -0.2) is 32.3 Å². The molecule has 6 nitrogen and oxygen atoms in total. The highest BCUT2D eigenvalue weighted by molar-refractivity contribution is 5.84. The lowest BCUT2D eigenvalue weighted by Crippen LogP contribution is -2.31. The molecule has 1 atom stereocenters. The molecule has 2 N–H and O–H groups in total. The van der Waals surface area contributed by atoms with Gasteiger partial charge in [0.15, 0.2) is 0 Å². The highest BCUT2D eigenvalue weighted by Crippen LogP contribution is 2.32. The van der Waals surface area contributed by atoms with Crippen molar-refractivity contribution in [1.82, 2.24) is 19.9 Å². The molecule has 0 saturated carbocycles. The standard InChI is InChI=1S/C26H27N5O/c1-18-6-4-14-27-26(18)30-20-11-12-23(29-17-20)24-9-5-15-31(24)25(32)13-10-19-16-28-22-8-3-2-7-21(19)22/h2-4,6-8,11-12,14,16-17,24,28H,5,9-10,13,15H2,1H3,(H,27,30). The van der Waals surface area contributed by atoms with Crippen molar-refractivity contribution in [3.8, 4) is 0 Å².